The maximum Gasteiger partial charge on any atom is 0.416 e. The van der Waals surface area contributed by atoms with Crippen molar-refractivity contribution < 1.29 is 18.3 Å². The molecule has 0 saturated carbocycles. The monoisotopic (exact) mass is 306 g/mol. The van der Waals surface area contributed by atoms with E-state index in [0.29, 0.717) is 24.6 Å². The Balaban J connectivity index is 2.77. The van der Waals surface area contributed by atoms with Crippen LogP contribution in [-0.2, 0) is 6.42 Å². The molecule has 1 rings (SSSR count). The van der Waals surface area contributed by atoms with E-state index in [2.05, 4.69) is 20.6 Å². The van der Waals surface area contributed by atoms with Crippen molar-refractivity contribution in [3.8, 4) is 0 Å². The van der Waals surface area contributed by atoms with E-state index in [4.69, 9.17) is 5.11 Å². The van der Waals surface area contributed by atoms with Crippen LogP contribution in [0.4, 0.5) is 24.8 Å². The van der Waals surface area contributed by atoms with E-state index < -0.39 is 18.8 Å². The second-order valence-electron chi connectivity index (χ2n) is 4.67. The molecule has 1 heterocycles. The number of aliphatic hydroxyl groups excluding tert-OH is 1. The molecule has 0 aromatic carbocycles. The van der Waals surface area contributed by atoms with Gasteiger partial charge in [-0.15, -0.1) is 0 Å². The number of nitrogens with zero attached hydrogens (tertiary/aromatic N) is 2. The van der Waals surface area contributed by atoms with Crippen LogP contribution in [0.15, 0.2) is 6.07 Å². The quantitative estimate of drug-likeness (QED) is 0.688. The number of aryl methyl sites for hydroxylation is 1. The first-order valence-corrected chi connectivity index (χ1v) is 6.97. The van der Waals surface area contributed by atoms with Crippen LogP contribution in [0.2, 0.25) is 0 Å². The summed E-state index contributed by atoms with van der Waals surface area (Å²) in [4.78, 5) is 8.43. The van der Waals surface area contributed by atoms with Crippen LogP contribution < -0.4 is 10.6 Å². The first-order chi connectivity index (χ1) is 9.86. The summed E-state index contributed by atoms with van der Waals surface area (Å²) in [7, 11) is 0. The minimum atomic E-state index is -4.64. The fourth-order valence-corrected chi connectivity index (χ4v) is 1.58. The number of anilines is 2. The second kappa shape index (κ2) is 8.02. The summed E-state index contributed by atoms with van der Waals surface area (Å²) in [5, 5.41) is 14.6. The van der Waals surface area contributed by atoms with Gasteiger partial charge in [-0.1, -0.05) is 13.8 Å². The molecule has 5 nitrogen and oxygen atoms in total. The normalized spacial score (nSPS) is 13.0. The van der Waals surface area contributed by atoms with Crippen LogP contribution in [0.1, 0.15) is 32.5 Å². The van der Waals surface area contributed by atoms with E-state index in [1.807, 2.05) is 13.8 Å². The summed E-state index contributed by atoms with van der Waals surface area (Å²) >= 11 is 0. The van der Waals surface area contributed by atoms with E-state index in [-0.39, 0.29) is 5.82 Å². The number of alkyl halides is 3. The third-order valence-corrected chi connectivity index (χ3v) is 2.66. The first kappa shape index (κ1) is 17.5. The lowest BCUT2D eigenvalue weighted by Crippen LogP contribution is -2.35. The Hall–Kier alpha value is -1.57. The van der Waals surface area contributed by atoms with Crippen LogP contribution in [-0.4, -0.2) is 40.4 Å². The Morgan fingerprint density at radius 1 is 1.14 bits per heavy atom. The third-order valence-electron chi connectivity index (χ3n) is 2.66. The molecule has 3 N–H and O–H groups in total. The van der Waals surface area contributed by atoms with Crippen molar-refractivity contribution in [1.82, 2.24) is 9.97 Å². The van der Waals surface area contributed by atoms with Gasteiger partial charge in [0, 0.05) is 19.0 Å². The highest BCUT2D eigenvalue weighted by atomic mass is 19.4. The number of nitrogens with one attached hydrogen (secondary N) is 2. The molecule has 1 aromatic rings. The summed E-state index contributed by atoms with van der Waals surface area (Å²) < 4.78 is 36.8. The van der Waals surface area contributed by atoms with E-state index in [1.165, 1.54) is 6.07 Å². The van der Waals surface area contributed by atoms with Gasteiger partial charge in [-0.3, -0.25) is 0 Å². The largest absolute Gasteiger partial charge is 0.416 e. The average molecular weight is 306 g/mol. The predicted octanol–water partition coefficient (Wildman–Crippen LogP) is 2.59. The summed E-state index contributed by atoms with van der Waals surface area (Å²) in [5.41, 5.74) is 0. The maximum absolute atomic E-state index is 12.3. The first-order valence-electron chi connectivity index (χ1n) is 6.97. The van der Waals surface area contributed by atoms with Crippen LogP contribution in [0, 0.1) is 0 Å². The second-order valence-corrected chi connectivity index (χ2v) is 4.67. The average Bonchev–Trinajstić information content (AvgIpc) is 2.41. The lowest BCUT2D eigenvalue weighted by atomic mass is 10.3. The smallest absolute Gasteiger partial charge is 0.382 e. The molecule has 1 atom stereocenters. The molecular weight excluding hydrogens is 285 g/mol. The molecule has 8 heteroatoms. The van der Waals surface area contributed by atoms with Gasteiger partial charge >= 0.3 is 6.18 Å². The molecule has 0 aliphatic heterocycles. The molecule has 1 unspecified atom stereocenters. The fourth-order valence-electron chi connectivity index (χ4n) is 1.58. The van der Waals surface area contributed by atoms with Crippen molar-refractivity contribution >= 4 is 11.6 Å². The van der Waals surface area contributed by atoms with Crippen molar-refractivity contribution in [2.75, 3.05) is 23.7 Å². The Kier molecular flexibility index (Phi) is 6.67. The zero-order valence-electron chi connectivity index (χ0n) is 12.2. The lowest BCUT2D eigenvalue weighted by Gasteiger charge is -2.16. The third kappa shape index (κ3) is 6.16. The van der Waals surface area contributed by atoms with Crippen molar-refractivity contribution in [3.05, 3.63) is 11.9 Å². The fraction of sp³-hybridized carbons (Fsp3) is 0.692. The molecule has 1 aromatic heterocycles. The van der Waals surface area contributed by atoms with Gasteiger partial charge in [0.2, 0.25) is 0 Å². The number of rotatable bonds is 8. The van der Waals surface area contributed by atoms with Gasteiger partial charge in [-0.25, -0.2) is 9.97 Å². The number of halogens is 3. The summed E-state index contributed by atoms with van der Waals surface area (Å²) in [6.07, 6.45) is -4.69. The Morgan fingerprint density at radius 3 is 2.29 bits per heavy atom. The van der Waals surface area contributed by atoms with Crippen LogP contribution in [0.25, 0.3) is 0 Å². The van der Waals surface area contributed by atoms with Crippen LogP contribution >= 0.6 is 0 Å². The van der Waals surface area contributed by atoms with E-state index in [9.17, 15) is 13.2 Å². The molecule has 0 aliphatic rings. The van der Waals surface area contributed by atoms with E-state index in [1.54, 1.807) is 0 Å². The zero-order chi connectivity index (χ0) is 15.9. The SMILES string of the molecule is CCCNc1cc(NCC(O)C(F)(F)F)nc(CCC)n1. The van der Waals surface area contributed by atoms with Crippen molar-refractivity contribution in [2.24, 2.45) is 0 Å². The summed E-state index contributed by atoms with van der Waals surface area (Å²) in [6, 6.07) is 1.54. The van der Waals surface area contributed by atoms with Gasteiger partial charge in [0.25, 0.3) is 0 Å². The molecular formula is C13H21F3N4O. The lowest BCUT2D eigenvalue weighted by molar-refractivity contribution is -0.198. The highest BCUT2D eigenvalue weighted by Crippen LogP contribution is 2.20. The van der Waals surface area contributed by atoms with Gasteiger partial charge in [0.05, 0.1) is 6.54 Å². The number of aliphatic hydroxyl groups is 1. The van der Waals surface area contributed by atoms with Crippen molar-refractivity contribution in [1.29, 1.82) is 0 Å². The molecule has 0 aliphatic carbocycles. The standard InChI is InChI=1S/C13H21F3N4O/c1-3-5-10-19-11(17-6-4-2)7-12(20-10)18-8-9(21)13(14,15)16/h7,9,21H,3-6,8H2,1-2H3,(H2,17,18,19,20). The predicted molar refractivity (Wildman–Crippen MR) is 75.4 cm³/mol. The van der Waals surface area contributed by atoms with Gasteiger partial charge in [-0.05, 0) is 12.8 Å². The van der Waals surface area contributed by atoms with E-state index >= 15 is 0 Å². The van der Waals surface area contributed by atoms with Crippen molar-refractivity contribution in [3.63, 3.8) is 0 Å². The molecule has 21 heavy (non-hydrogen) atoms. The Labute approximate surface area is 122 Å². The highest BCUT2D eigenvalue weighted by molar-refractivity contribution is 5.47. The maximum atomic E-state index is 12.3. The van der Waals surface area contributed by atoms with Gasteiger partial charge in [0.1, 0.15) is 17.5 Å². The summed E-state index contributed by atoms with van der Waals surface area (Å²) in [5.74, 6) is 1.40. The number of hydrogen-bond donors (Lipinski definition) is 3. The molecule has 0 radical (unpaired) electrons. The molecule has 120 valence electrons. The zero-order valence-corrected chi connectivity index (χ0v) is 12.2. The van der Waals surface area contributed by atoms with Crippen LogP contribution in [0.5, 0.6) is 0 Å². The molecule has 0 amide bonds. The number of hydrogen-bond acceptors (Lipinski definition) is 5. The molecule has 0 fully saturated rings. The minimum absolute atomic E-state index is 0.273. The topological polar surface area (TPSA) is 70.1 Å². The van der Waals surface area contributed by atoms with Crippen LogP contribution in [0.3, 0.4) is 0 Å². The van der Waals surface area contributed by atoms with E-state index in [0.717, 1.165) is 12.8 Å². The molecule has 0 bridgehead atoms. The molecule has 0 spiro atoms. The molecule has 0 saturated heterocycles. The van der Waals surface area contributed by atoms with Gasteiger partial charge in [-0.2, -0.15) is 13.2 Å². The minimum Gasteiger partial charge on any atom is -0.382 e. The van der Waals surface area contributed by atoms with Gasteiger partial charge in [0.15, 0.2) is 6.10 Å². The Morgan fingerprint density at radius 2 is 1.76 bits per heavy atom. The summed E-state index contributed by atoms with van der Waals surface area (Å²) in [6.45, 7) is 4.04. The number of aromatic nitrogens is 2. The van der Waals surface area contributed by atoms with Gasteiger partial charge < -0.3 is 15.7 Å². The Bertz CT molecular complexity index is 440. The van der Waals surface area contributed by atoms with Crippen molar-refractivity contribution in [2.45, 2.75) is 45.4 Å². The highest BCUT2D eigenvalue weighted by Gasteiger charge is 2.37.